The second-order valence-electron chi connectivity index (χ2n) is 9.49. The number of hydrogen-bond acceptors (Lipinski definition) is 9. The van der Waals surface area contributed by atoms with Crippen molar-refractivity contribution in [2.75, 3.05) is 31.0 Å². The molecule has 222 valence electrons. The SMILES string of the molecule is COC(=O)Nc1ccc2c(c1)NC(=O)CCCCOCC(NC(=O)C=Cc1cc(Cl)ccc1-n1cnnn1)c1ncc-2[nH]1. The molecule has 14 nitrogen and oxygen atoms in total. The molecular weight excluding hydrogens is 578 g/mol. The van der Waals surface area contributed by atoms with Crippen LogP contribution in [0.15, 0.2) is 55.0 Å². The van der Waals surface area contributed by atoms with Gasteiger partial charge in [0, 0.05) is 40.9 Å². The second-order valence-corrected chi connectivity index (χ2v) is 9.93. The summed E-state index contributed by atoms with van der Waals surface area (Å²) < 4.78 is 12.0. The van der Waals surface area contributed by atoms with Crippen molar-refractivity contribution in [2.24, 2.45) is 0 Å². The molecule has 2 bridgehead atoms. The van der Waals surface area contributed by atoms with Crippen LogP contribution in [0.5, 0.6) is 0 Å². The maximum atomic E-state index is 13.1. The van der Waals surface area contributed by atoms with Crippen LogP contribution in [0.2, 0.25) is 5.02 Å². The Morgan fingerprint density at radius 2 is 2.09 bits per heavy atom. The number of carbonyl (C=O) groups excluding carboxylic acids is 3. The van der Waals surface area contributed by atoms with Crippen molar-refractivity contribution in [2.45, 2.75) is 25.3 Å². The van der Waals surface area contributed by atoms with E-state index in [1.54, 1.807) is 48.7 Å². The zero-order valence-electron chi connectivity index (χ0n) is 23.0. The monoisotopic (exact) mass is 605 g/mol. The molecule has 15 heteroatoms. The summed E-state index contributed by atoms with van der Waals surface area (Å²) in [4.78, 5) is 45.2. The van der Waals surface area contributed by atoms with Crippen LogP contribution in [0.1, 0.15) is 36.7 Å². The van der Waals surface area contributed by atoms with Crippen molar-refractivity contribution in [3.05, 3.63) is 71.4 Å². The van der Waals surface area contributed by atoms with E-state index < -0.39 is 12.1 Å². The second kappa shape index (κ2) is 13.7. The van der Waals surface area contributed by atoms with Crippen LogP contribution < -0.4 is 16.0 Å². The minimum atomic E-state index is -0.634. The third kappa shape index (κ3) is 7.61. The van der Waals surface area contributed by atoms with Gasteiger partial charge in [0.2, 0.25) is 11.8 Å². The highest BCUT2D eigenvalue weighted by molar-refractivity contribution is 6.30. The number of aromatic amines is 1. The van der Waals surface area contributed by atoms with Crippen molar-refractivity contribution in [1.82, 2.24) is 35.5 Å². The molecule has 3 heterocycles. The first kappa shape index (κ1) is 29.4. The summed E-state index contributed by atoms with van der Waals surface area (Å²) in [6.45, 7) is 0.547. The van der Waals surface area contributed by atoms with Gasteiger partial charge in [0.05, 0.1) is 37.0 Å². The van der Waals surface area contributed by atoms with Crippen LogP contribution in [0.3, 0.4) is 0 Å². The summed E-state index contributed by atoms with van der Waals surface area (Å²) in [5.74, 6) is -0.102. The summed E-state index contributed by atoms with van der Waals surface area (Å²) in [5.41, 5.74) is 3.43. The molecule has 2 aromatic heterocycles. The average Bonchev–Trinajstić information content (AvgIpc) is 3.70. The van der Waals surface area contributed by atoms with Gasteiger partial charge in [-0.1, -0.05) is 11.6 Å². The number of rotatable bonds is 5. The van der Waals surface area contributed by atoms with Gasteiger partial charge in [0.25, 0.3) is 0 Å². The first-order valence-corrected chi connectivity index (χ1v) is 13.7. The minimum Gasteiger partial charge on any atom is -0.453 e. The molecule has 4 N–H and O–H groups in total. The van der Waals surface area contributed by atoms with Crippen LogP contribution in [-0.2, 0) is 19.1 Å². The predicted octanol–water partition coefficient (Wildman–Crippen LogP) is 3.89. The van der Waals surface area contributed by atoms with Gasteiger partial charge in [0.1, 0.15) is 18.2 Å². The summed E-state index contributed by atoms with van der Waals surface area (Å²) in [6, 6.07) is 9.61. The number of halogens is 1. The van der Waals surface area contributed by atoms with Crippen LogP contribution in [0.4, 0.5) is 16.2 Å². The number of aromatic nitrogens is 6. The fourth-order valence-corrected chi connectivity index (χ4v) is 4.58. The third-order valence-corrected chi connectivity index (χ3v) is 6.72. The summed E-state index contributed by atoms with van der Waals surface area (Å²) >= 11 is 6.19. The number of carbonyl (C=O) groups is 3. The smallest absolute Gasteiger partial charge is 0.411 e. The molecule has 3 amide bonds. The number of nitrogens with zero attached hydrogens (tertiary/aromatic N) is 5. The Bertz CT molecular complexity index is 1640. The quantitative estimate of drug-likeness (QED) is 0.246. The maximum Gasteiger partial charge on any atom is 0.411 e. The molecule has 0 aliphatic carbocycles. The lowest BCUT2D eigenvalue weighted by Gasteiger charge is -2.17. The summed E-state index contributed by atoms with van der Waals surface area (Å²) in [7, 11) is 1.27. The van der Waals surface area contributed by atoms with E-state index in [4.69, 9.17) is 16.3 Å². The van der Waals surface area contributed by atoms with E-state index in [9.17, 15) is 14.4 Å². The van der Waals surface area contributed by atoms with Gasteiger partial charge in [-0.25, -0.2) is 9.78 Å². The number of methoxy groups -OCH3 is 1. The lowest BCUT2D eigenvalue weighted by molar-refractivity contribution is -0.118. The Balaban J connectivity index is 1.40. The first-order valence-electron chi connectivity index (χ1n) is 13.3. The molecule has 4 aromatic rings. The van der Waals surface area contributed by atoms with Gasteiger partial charge >= 0.3 is 6.09 Å². The fourth-order valence-electron chi connectivity index (χ4n) is 4.40. The Hall–Kier alpha value is -5.08. The van der Waals surface area contributed by atoms with Crippen molar-refractivity contribution in [1.29, 1.82) is 0 Å². The third-order valence-electron chi connectivity index (χ3n) is 6.48. The molecule has 43 heavy (non-hydrogen) atoms. The number of ether oxygens (including phenoxy) is 2. The first-order chi connectivity index (χ1) is 20.9. The number of benzene rings is 2. The molecule has 0 fully saturated rings. The molecule has 0 spiro atoms. The molecule has 0 radical (unpaired) electrons. The zero-order valence-corrected chi connectivity index (χ0v) is 23.8. The number of nitrogens with one attached hydrogen (secondary N) is 4. The number of anilines is 2. The van der Waals surface area contributed by atoms with Gasteiger partial charge in [-0.05, 0) is 65.7 Å². The Kier molecular flexibility index (Phi) is 9.39. The number of imidazole rings is 1. The number of hydrogen-bond donors (Lipinski definition) is 4. The standard InChI is InChI=1S/C28H28ClN9O5/c1-42-28(41)32-19-7-8-20-21(13-19)33-25(39)4-2-3-11-43-15-23(27-30-14-22(20)35-27)34-26(40)10-5-17-12-18(29)6-9-24(17)38-16-31-36-37-38/h5-10,12-14,16,23H,2-4,11,15H2,1H3,(H,30,35)(H,32,41)(H,33,39)(H,34,40). The van der Waals surface area contributed by atoms with Crippen molar-refractivity contribution in [3.8, 4) is 16.9 Å². The largest absolute Gasteiger partial charge is 0.453 e. The summed E-state index contributed by atoms with van der Waals surface area (Å²) in [5, 5.41) is 20.2. The fraction of sp³-hybridized carbons (Fsp3) is 0.250. The predicted molar refractivity (Wildman–Crippen MR) is 157 cm³/mol. The Morgan fingerprint density at radius 1 is 1.21 bits per heavy atom. The van der Waals surface area contributed by atoms with E-state index in [1.165, 1.54) is 24.2 Å². The molecule has 1 aliphatic heterocycles. The molecule has 1 atom stereocenters. The molecular formula is C28H28ClN9O5. The highest BCUT2D eigenvalue weighted by atomic mass is 35.5. The molecule has 5 rings (SSSR count). The van der Waals surface area contributed by atoms with Gasteiger partial charge in [-0.2, -0.15) is 4.68 Å². The number of H-pyrrole nitrogens is 1. The number of amides is 3. The van der Waals surface area contributed by atoms with Crippen molar-refractivity contribution in [3.63, 3.8) is 0 Å². The number of fused-ring (bicyclic) bond motifs is 4. The van der Waals surface area contributed by atoms with Gasteiger partial charge in [-0.15, -0.1) is 5.10 Å². The maximum absolute atomic E-state index is 13.1. The van der Waals surface area contributed by atoms with E-state index >= 15 is 0 Å². The lowest BCUT2D eigenvalue weighted by Crippen LogP contribution is -2.31. The van der Waals surface area contributed by atoms with E-state index in [0.29, 0.717) is 64.2 Å². The van der Waals surface area contributed by atoms with E-state index in [1.807, 2.05) is 0 Å². The van der Waals surface area contributed by atoms with Gasteiger partial charge in [0.15, 0.2) is 0 Å². The lowest BCUT2D eigenvalue weighted by atomic mass is 10.1. The van der Waals surface area contributed by atoms with Crippen molar-refractivity contribution >= 4 is 47.0 Å². The highest BCUT2D eigenvalue weighted by Gasteiger charge is 2.20. The van der Waals surface area contributed by atoms with Gasteiger partial charge in [-0.3, -0.25) is 14.9 Å². The normalized spacial score (nSPS) is 15.7. The highest BCUT2D eigenvalue weighted by Crippen LogP contribution is 2.31. The zero-order chi connectivity index (χ0) is 30.2. The molecule has 1 unspecified atom stereocenters. The molecule has 0 saturated heterocycles. The Labute approximate surface area is 250 Å². The minimum absolute atomic E-state index is 0.153. The molecule has 0 saturated carbocycles. The van der Waals surface area contributed by atoms with E-state index in [-0.39, 0.29) is 24.8 Å². The van der Waals surface area contributed by atoms with E-state index in [0.717, 1.165) is 0 Å². The average molecular weight is 606 g/mol. The van der Waals surface area contributed by atoms with Crippen LogP contribution in [0.25, 0.3) is 23.0 Å². The van der Waals surface area contributed by atoms with Crippen LogP contribution >= 0.6 is 11.6 Å². The van der Waals surface area contributed by atoms with Gasteiger partial charge < -0.3 is 25.1 Å². The van der Waals surface area contributed by atoms with E-state index in [2.05, 4.69) is 46.2 Å². The molecule has 1 aliphatic rings. The molecule has 2 aromatic carbocycles. The number of tetrazole rings is 1. The van der Waals surface area contributed by atoms with Crippen LogP contribution in [0, 0.1) is 0 Å². The Morgan fingerprint density at radius 3 is 2.91 bits per heavy atom. The van der Waals surface area contributed by atoms with Crippen LogP contribution in [-0.4, -0.2) is 68.4 Å². The topological polar surface area (TPSA) is 178 Å². The summed E-state index contributed by atoms with van der Waals surface area (Å²) in [6.07, 6.45) is 6.95. The van der Waals surface area contributed by atoms with Crippen molar-refractivity contribution < 1.29 is 23.9 Å².